The molecule has 0 N–H and O–H groups in total. The highest BCUT2D eigenvalue weighted by atomic mass is 35.9. The molecule has 1 aromatic rings. The number of halogens is 2. The van der Waals surface area contributed by atoms with Crippen molar-refractivity contribution >= 4 is 33.8 Å². The Labute approximate surface area is 90.2 Å². The smallest absolute Gasteiger partial charge is 0.0620 e. The molecule has 72 valence electrons. The summed E-state index contributed by atoms with van der Waals surface area (Å²) in [6.07, 6.45) is 0.889. The van der Waals surface area contributed by atoms with E-state index in [1.807, 2.05) is 30.3 Å². The van der Waals surface area contributed by atoms with Crippen molar-refractivity contribution in [3.8, 4) is 0 Å². The lowest BCUT2D eigenvalue weighted by Crippen LogP contribution is -2.08. The normalized spacial score (nSPS) is 12.1. The minimum absolute atomic E-state index is 0.545. The summed E-state index contributed by atoms with van der Waals surface area (Å²) in [5.41, 5.74) is 0. The first-order valence-corrected chi connectivity index (χ1v) is 8.14. The highest BCUT2D eigenvalue weighted by Crippen LogP contribution is 2.68. The van der Waals surface area contributed by atoms with Crippen molar-refractivity contribution in [3.63, 3.8) is 0 Å². The molecule has 0 radical (unpaired) electrons. The maximum Gasteiger partial charge on any atom is 0.243 e. The SMILES string of the molecule is CC(C)C[P+](Cl)(Cl)c1ccccc1. The van der Waals surface area contributed by atoms with Gasteiger partial charge < -0.3 is 0 Å². The summed E-state index contributed by atoms with van der Waals surface area (Å²) in [7, 11) is 0. The van der Waals surface area contributed by atoms with Crippen molar-refractivity contribution in [2.45, 2.75) is 13.8 Å². The Morgan fingerprint density at radius 2 is 1.69 bits per heavy atom. The van der Waals surface area contributed by atoms with Crippen LogP contribution in [0.25, 0.3) is 0 Å². The Morgan fingerprint density at radius 3 is 2.15 bits per heavy atom. The Bertz CT molecular complexity index is 257. The summed E-state index contributed by atoms with van der Waals surface area (Å²) in [5.74, 6) is -1.36. The predicted octanol–water partition coefficient (Wildman–Crippen LogP) is 4.29. The second kappa shape index (κ2) is 4.64. The molecule has 0 saturated carbocycles. The zero-order chi connectivity index (χ0) is 9.90. The fraction of sp³-hybridized carbons (Fsp3) is 0.400. The van der Waals surface area contributed by atoms with Crippen molar-refractivity contribution in [1.82, 2.24) is 0 Å². The molecule has 0 unspecified atom stereocenters. The standard InChI is InChI=1S/C10H14Cl2P/c1-9(2)8-13(11,12)10-6-4-3-5-7-10/h3-7,9H,8H2,1-2H3/q+1. The molecule has 0 heterocycles. The molecule has 0 aliphatic carbocycles. The van der Waals surface area contributed by atoms with E-state index in [9.17, 15) is 0 Å². The molecule has 0 spiro atoms. The van der Waals surface area contributed by atoms with E-state index in [1.165, 1.54) is 0 Å². The van der Waals surface area contributed by atoms with Gasteiger partial charge in [-0.15, -0.1) is 0 Å². The van der Waals surface area contributed by atoms with Crippen LogP contribution in [-0.4, -0.2) is 6.16 Å². The molecule has 0 nitrogen and oxygen atoms in total. The summed E-state index contributed by atoms with van der Waals surface area (Å²) < 4.78 is 0. The predicted molar refractivity (Wildman–Crippen MR) is 64.4 cm³/mol. The highest BCUT2D eigenvalue weighted by molar-refractivity contribution is 8.22. The molecule has 13 heavy (non-hydrogen) atoms. The lowest BCUT2D eigenvalue weighted by molar-refractivity contribution is 0.747. The average Bonchev–Trinajstić information content (AvgIpc) is 2.04. The highest BCUT2D eigenvalue weighted by Gasteiger charge is 2.38. The van der Waals surface area contributed by atoms with E-state index < -0.39 is 5.97 Å². The summed E-state index contributed by atoms with van der Waals surface area (Å²) >= 11 is 12.7. The van der Waals surface area contributed by atoms with Crippen LogP contribution in [0.2, 0.25) is 0 Å². The zero-order valence-electron chi connectivity index (χ0n) is 7.87. The molecule has 0 aliphatic rings. The van der Waals surface area contributed by atoms with Gasteiger partial charge in [0.05, 0.1) is 6.16 Å². The van der Waals surface area contributed by atoms with Crippen LogP contribution in [0.15, 0.2) is 30.3 Å². The number of hydrogen-bond acceptors (Lipinski definition) is 0. The van der Waals surface area contributed by atoms with Gasteiger partial charge in [-0.2, -0.15) is 0 Å². The molecule has 3 heteroatoms. The molecule has 0 aromatic heterocycles. The lowest BCUT2D eigenvalue weighted by atomic mass is 10.3. The van der Waals surface area contributed by atoms with E-state index in [4.69, 9.17) is 22.5 Å². The van der Waals surface area contributed by atoms with E-state index in [0.717, 1.165) is 11.5 Å². The second-order valence-electron chi connectivity index (χ2n) is 3.54. The third kappa shape index (κ3) is 3.46. The fourth-order valence-corrected chi connectivity index (χ4v) is 5.28. The van der Waals surface area contributed by atoms with Gasteiger partial charge in [0.15, 0.2) is 0 Å². The van der Waals surface area contributed by atoms with Gasteiger partial charge in [-0.25, -0.2) is 0 Å². The van der Waals surface area contributed by atoms with Crippen LogP contribution in [0.4, 0.5) is 0 Å². The Morgan fingerprint density at radius 1 is 1.15 bits per heavy atom. The van der Waals surface area contributed by atoms with Gasteiger partial charge in [0.2, 0.25) is 5.97 Å². The van der Waals surface area contributed by atoms with E-state index in [1.54, 1.807) is 0 Å². The molecule has 0 atom stereocenters. The van der Waals surface area contributed by atoms with Crippen molar-refractivity contribution in [2.75, 3.05) is 6.16 Å². The van der Waals surface area contributed by atoms with Gasteiger partial charge >= 0.3 is 0 Å². The first kappa shape index (κ1) is 11.3. The third-order valence-electron chi connectivity index (χ3n) is 1.73. The topological polar surface area (TPSA) is 0 Å². The van der Waals surface area contributed by atoms with Crippen molar-refractivity contribution in [3.05, 3.63) is 30.3 Å². The van der Waals surface area contributed by atoms with Gasteiger partial charge in [-0.3, -0.25) is 0 Å². The number of hydrogen-bond donors (Lipinski definition) is 0. The van der Waals surface area contributed by atoms with E-state index in [-0.39, 0.29) is 0 Å². The summed E-state index contributed by atoms with van der Waals surface area (Å²) in [5, 5.41) is 1.09. The van der Waals surface area contributed by atoms with Gasteiger partial charge in [-0.05, 0) is 18.1 Å². The van der Waals surface area contributed by atoms with Gasteiger partial charge in [0.1, 0.15) is 27.8 Å². The molecule has 0 bridgehead atoms. The molecule has 0 aliphatic heterocycles. The second-order valence-corrected chi connectivity index (χ2v) is 9.67. The van der Waals surface area contributed by atoms with Gasteiger partial charge in [0, 0.05) is 0 Å². The Balaban J connectivity index is 2.81. The number of rotatable bonds is 3. The first-order chi connectivity index (χ1) is 6.02. The minimum atomic E-state index is -1.91. The largest absolute Gasteiger partial charge is 0.243 e. The molecular formula is C10H14Cl2P+. The molecular weight excluding hydrogens is 222 g/mol. The Hall–Kier alpha value is 0.230. The monoisotopic (exact) mass is 235 g/mol. The van der Waals surface area contributed by atoms with Gasteiger partial charge in [-0.1, -0.05) is 32.0 Å². The van der Waals surface area contributed by atoms with E-state index in [0.29, 0.717) is 5.92 Å². The van der Waals surface area contributed by atoms with Crippen LogP contribution < -0.4 is 5.30 Å². The first-order valence-electron chi connectivity index (χ1n) is 4.35. The average molecular weight is 236 g/mol. The van der Waals surface area contributed by atoms with Crippen molar-refractivity contribution in [2.24, 2.45) is 5.92 Å². The van der Waals surface area contributed by atoms with Crippen LogP contribution in [0.3, 0.4) is 0 Å². The fourth-order valence-electron chi connectivity index (χ4n) is 1.21. The van der Waals surface area contributed by atoms with Crippen molar-refractivity contribution in [1.29, 1.82) is 0 Å². The van der Waals surface area contributed by atoms with Gasteiger partial charge in [0.25, 0.3) is 0 Å². The minimum Gasteiger partial charge on any atom is -0.0620 e. The van der Waals surface area contributed by atoms with E-state index in [2.05, 4.69) is 13.8 Å². The van der Waals surface area contributed by atoms with Crippen molar-refractivity contribution < 1.29 is 0 Å². The zero-order valence-corrected chi connectivity index (χ0v) is 10.3. The quantitative estimate of drug-likeness (QED) is 0.686. The molecule has 1 aromatic carbocycles. The van der Waals surface area contributed by atoms with Crippen LogP contribution in [0.1, 0.15) is 13.8 Å². The molecule has 1 rings (SSSR count). The molecule has 0 saturated heterocycles. The number of benzene rings is 1. The maximum atomic E-state index is 6.33. The van der Waals surface area contributed by atoms with E-state index >= 15 is 0 Å². The molecule has 0 fully saturated rings. The summed E-state index contributed by atoms with van der Waals surface area (Å²) in [6.45, 7) is 4.28. The van der Waals surface area contributed by atoms with Crippen LogP contribution >= 0.6 is 28.4 Å². The summed E-state index contributed by atoms with van der Waals surface area (Å²) in [4.78, 5) is 0. The lowest BCUT2D eigenvalue weighted by Gasteiger charge is -2.11. The third-order valence-corrected chi connectivity index (χ3v) is 5.97. The Kier molecular flexibility index (Phi) is 4.04. The van der Waals surface area contributed by atoms with Crippen LogP contribution in [0.5, 0.6) is 0 Å². The van der Waals surface area contributed by atoms with Crippen LogP contribution in [0, 0.1) is 5.92 Å². The molecule has 0 amide bonds. The maximum absolute atomic E-state index is 6.33. The van der Waals surface area contributed by atoms with Crippen LogP contribution in [-0.2, 0) is 0 Å². The summed E-state index contributed by atoms with van der Waals surface area (Å²) in [6, 6.07) is 9.96.